The zero-order valence-corrected chi connectivity index (χ0v) is 17.4. The molecule has 0 saturated carbocycles. The first-order valence-electron chi connectivity index (χ1n) is 8.90. The van der Waals surface area contributed by atoms with Gasteiger partial charge in [0.25, 0.3) is 5.91 Å². The van der Waals surface area contributed by atoms with E-state index in [0.717, 1.165) is 25.0 Å². The lowest BCUT2D eigenvalue weighted by molar-refractivity contribution is -0.137. The first-order chi connectivity index (χ1) is 14.0. The fourth-order valence-corrected chi connectivity index (χ4v) is 4.89. The number of nitrogens with zero attached hydrogens (tertiary/aromatic N) is 1. The maximum absolute atomic E-state index is 13.1. The number of carbonyl (C=O) groups is 1. The maximum atomic E-state index is 13.1. The molecule has 2 aromatic carbocycles. The Kier molecular flexibility index (Phi) is 6.30. The largest absolute Gasteiger partial charge is 0.496 e. The summed E-state index contributed by atoms with van der Waals surface area (Å²) in [4.78, 5) is 12.6. The van der Waals surface area contributed by atoms with Crippen molar-refractivity contribution in [3.8, 4) is 5.75 Å². The SMILES string of the molecule is COc1ccc(S(=O)(=O)N2CCCC2)cc1C(=O)Nc1ccc(Cl)c(C(F)(F)F)c1. The lowest BCUT2D eigenvalue weighted by atomic mass is 10.1. The molecular weight excluding hydrogens is 445 g/mol. The molecule has 6 nitrogen and oxygen atoms in total. The van der Waals surface area contributed by atoms with Crippen molar-refractivity contribution in [1.29, 1.82) is 0 Å². The molecule has 2 aromatic rings. The fourth-order valence-electron chi connectivity index (χ4n) is 3.12. The second kappa shape index (κ2) is 8.44. The summed E-state index contributed by atoms with van der Waals surface area (Å²) >= 11 is 5.59. The lowest BCUT2D eigenvalue weighted by Crippen LogP contribution is -2.28. The van der Waals surface area contributed by atoms with Crippen molar-refractivity contribution >= 4 is 33.2 Å². The van der Waals surface area contributed by atoms with Crippen molar-refractivity contribution in [2.75, 3.05) is 25.5 Å². The van der Waals surface area contributed by atoms with Crippen LogP contribution in [0.2, 0.25) is 5.02 Å². The zero-order valence-electron chi connectivity index (χ0n) is 15.8. The highest BCUT2D eigenvalue weighted by molar-refractivity contribution is 7.89. The lowest BCUT2D eigenvalue weighted by Gasteiger charge is -2.17. The molecular formula is C19H18ClF3N2O4S. The van der Waals surface area contributed by atoms with E-state index in [2.05, 4.69) is 5.32 Å². The van der Waals surface area contributed by atoms with Gasteiger partial charge < -0.3 is 10.1 Å². The van der Waals surface area contributed by atoms with Gasteiger partial charge in [-0.1, -0.05) is 11.6 Å². The summed E-state index contributed by atoms with van der Waals surface area (Å²) in [6.07, 6.45) is -3.19. The van der Waals surface area contributed by atoms with Crippen molar-refractivity contribution in [1.82, 2.24) is 4.31 Å². The fraction of sp³-hybridized carbons (Fsp3) is 0.316. The van der Waals surface area contributed by atoms with Crippen LogP contribution in [0.15, 0.2) is 41.3 Å². The molecule has 1 aliphatic rings. The van der Waals surface area contributed by atoms with Gasteiger partial charge in [0, 0.05) is 18.8 Å². The summed E-state index contributed by atoms with van der Waals surface area (Å²) < 4.78 is 71.1. The molecule has 0 bridgehead atoms. The molecule has 1 aliphatic heterocycles. The molecule has 162 valence electrons. The Hall–Kier alpha value is -2.30. The third kappa shape index (κ3) is 4.55. The molecule has 1 amide bonds. The second-order valence-electron chi connectivity index (χ2n) is 6.62. The number of methoxy groups -OCH3 is 1. The van der Waals surface area contributed by atoms with E-state index in [1.807, 2.05) is 0 Å². The Balaban J connectivity index is 1.94. The minimum atomic E-state index is -4.70. The maximum Gasteiger partial charge on any atom is 0.417 e. The Bertz CT molecular complexity index is 1070. The highest BCUT2D eigenvalue weighted by atomic mass is 35.5. The van der Waals surface area contributed by atoms with E-state index in [4.69, 9.17) is 16.3 Å². The third-order valence-electron chi connectivity index (χ3n) is 4.65. The number of rotatable bonds is 5. The summed E-state index contributed by atoms with van der Waals surface area (Å²) in [5.74, 6) is -0.737. The van der Waals surface area contributed by atoms with Crippen LogP contribution in [0.25, 0.3) is 0 Å². The van der Waals surface area contributed by atoms with Crippen LogP contribution in [0.4, 0.5) is 18.9 Å². The van der Waals surface area contributed by atoms with Gasteiger partial charge in [0.05, 0.1) is 28.2 Å². The molecule has 0 aliphatic carbocycles. The molecule has 1 fully saturated rings. The normalized spacial score (nSPS) is 15.2. The van der Waals surface area contributed by atoms with Gasteiger partial charge in [-0.25, -0.2) is 8.42 Å². The van der Waals surface area contributed by atoms with E-state index >= 15 is 0 Å². The molecule has 3 rings (SSSR count). The van der Waals surface area contributed by atoms with Gasteiger partial charge in [0.1, 0.15) is 5.75 Å². The molecule has 1 saturated heterocycles. The van der Waals surface area contributed by atoms with Crippen molar-refractivity contribution < 1.29 is 31.1 Å². The van der Waals surface area contributed by atoms with E-state index < -0.39 is 32.7 Å². The monoisotopic (exact) mass is 462 g/mol. The number of sulfonamides is 1. The van der Waals surface area contributed by atoms with Crippen molar-refractivity contribution in [3.63, 3.8) is 0 Å². The quantitative estimate of drug-likeness (QED) is 0.714. The van der Waals surface area contributed by atoms with Crippen LogP contribution in [0.1, 0.15) is 28.8 Å². The summed E-state index contributed by atoms with van der Waals surface area (Å²) in [6, 6.07) is 6.76. The van der Waals surface area contributed by atoms with Crippen LogP contribution >= 0.6 is 11.6 Å². The number of carbonyl (C=O) groups excluding carboxylic acids is 1. The molecule has 0 unspecified atom stereocenters. The minimum Gasteiger partial charge on any atom is -0.496 e. The van der Waals surface area contributed by atoms with Gasteiger partial charge in [-0.2, -0.15) is 17.5 Å². The number of alkyl halides is 3. The molecule has 0 spiro atoms. The number of anilines is 1. The Labute approximate surface area is 176 Å². The zero-order chi connectivity index (χ0) is 22.1. The molecule has 0 radical (unpaired) electrons. The number of hydrogen-bond acceptors (Lipinski definition) is 4. The van der Waals surface area contributed by atoms with Gasteiger partial charge in [-0.3, -0.25) is 4.79 Å². The van der Waals surface area contributed by atoms with Gasteiger partial charge in [-0.15, -0.1) is 0 Å². The van der Waals surface area contributed by atoms with Crippen LogP contribution in [0.5, 0.6) is 5.75 Å². The van der Waals surface area contributed by atoms with Crippen LogP contribution in [0.3, 0.4) is 0 Å². The van der Waals surface area contributed by atoms with E-state index in [9.17, 15) is 26.4 Å². The topological polar surface area (TPSA) is 75.7 Å². The first kappa shape index (κ1) is 22.4. The van der Waals surface area contributed by atoms with Gasteiger partial charge >= 0.3 is 6.18 Å². The second-order valence-corrected chi connectivity index (χ2v) is 8.96. The van der Waals surface area contributed by atoms with E-state index in [0.29, 0.717) is 19.2 Å². The van der Waals surface area contributed by atoms with Gasteiger partial charge in [0.2, 0.25) is 10.0 Å². The van der Waals surface area contributed by atoms with Crippen molar-refractivity contribution in [2.24, 2.45) is 0 Å². The van der Waals surface area contributed by atoms with Crippen molar-refractivity contribution in [3.05, 3.63) is 52.5 Å². The molecule has 30 heavy (non-hydrogen) atoms. The number of amides is 1. The molecule has 0 aromatic heterocycles. The Morgan fingerprint density at radius 2 is 1.80 bits per heavy atom. The summed E-state index contributed by atoms with van der Waals surface area (Å²) in [6.45, 7) is 0.780. The van der Waals surface area contributed by atoms with Crippen LogP contribution in [0, 0.1) is 0 Å². The highest BCUT2D eigenvalue weighted by Gasteiger charge is 2.34. The molecule has 1 N–H and O–H groups in total. The average molecular weight is 463 g/mol. The molecule has 1 heterocycles. The number of halogens is 4. The minimum absolute atomic E-state index is 0.0814. The Morgan fingerprint density at radius 3 is 2.40 bits per heavy atom. The predicted octanol–water partition coefficient (Wildman–Crippen LogP) is 4.40. The van der Waals surface area contributed by atoms with E-state index in [-0.39, 0.29) is 21.9 Å². The van der Waals surface area contributed by atoms with E-state index in [1.54, 1.807) is 0 Å². The highest BCUT2D eigenvalue weighted by Crippen LogP contribution is 2.36. The first-order valence-corrected chi connectivity index (χ1v) is 10.7. The third-order valence-corrected chi connectivity index (χ3v) is 6.87. The number of nitrogens with one attached hydrogen (secondary N) is 1. The summed E-state index contributed by atoms with van der Waals surface area (Å²) in [7, 11) is -2.50. The van der Waals surface area contributed by atoms with Gasteiger partial charge in [-0.05, 0) is 49.2 Å². The smallest absolute Gasteiger partial charge is 0.417 e. The van der Waals surface area contributed by atoms with Crippen LogP contribution in [-0.2, 0) is 16.2 Å². The standard InChI is InChI=1S/C19H18ClF3N2O4S/c1-29-17-7-5-13(30(27,28)25-8-2-3-9-25)11-14(17)18(26)24-12-4-6-16(20)15(10-12)19(21,22)23/h4-7,10-11H,2-3,8-9H2,1H3,(H,24,26). The predicted molar refractivity (Wildman–Crippen MR) is 105 cm³/mol. The summed E-state index contributed by atoms with van der Waals surface area (Å²) in [5, 5.41) is 1.83. The van der Waals surface area contributed by atoms with Gasteiger partial charge in [0.15, 0.2) is 0 Å². The number of benzene rings is 2. The molecule has 0 atom stereocenters. The van der Waals surface area contributed by atoms with Crippen LogP contribution < -0.4 is 10.1 Å². The number of ether oxygens (including phenoxy) is 1. The van der Waals surface area contributed by atoms with Crippen LogP contribution in [-0.4, -0.2) is 38.8 Å². The molecule has 11 heteroatoms. The Morgan fingerprint density at radius 1 is 1.13 bits per heavy atom. The average Bonchev–Trinajstić information content (AvgIpc) is 3.23. The van der Waals surface area contributed by atoms with E-state index in [1.165, 1.54) is 29.6 Å². The van der Waals surface area contributed by atoms with Crippen molar-refractivity contribution in [2.45, 2.75) is 23.9 Å². The number of hydrogen-bond donors (Lipinski definition) is 1. The summed E-state index contributed by atoms with van der Waals surface area (Å²) in [5.41, 5.74) is -1.37.